The van der Waals surface area contributed by atoms with Gasteiger partial charge in [0.25, 0.3) is 0 Å². The van der Waals surface area contributed by atoms with Crippen LogP contribution in [-0.4, -0.2) is 19.0 Å². The molecule has 0 amide bonds. The molecular formula is C10H18N2O. The van der Waals surface area contributed by atoms with Gasteiger partial charge >= 0.3 is 0 Å². The summed E-state index contributed by atoms with van der Waals surface area (Å²) in [6.07, 6.45) is 3.57. The number of ether oxygens (including phenoxy) is 1. The van der Waals surface area contributed by atoms with Crippen molar-refractivity contribution >= 4 is 5.90 Å². The Bertz CT molecular complexity index is 219. The van der Waals surface area contributed by atoms with E-state index in [1.807, 2.05) is 0 Å². The molecule has 0 aromatic heterocycles. The van der Waals surface area contributed by atoms with Gasteiger partial charge in [-0.05, 0) is 12.3 Å². The summed E-state index contributed by atoms with van der Waals surface area (Å²) in [4.78, 5) is 4.30. The normalized spacial score (nSPS) is 18.4. The first-order chi connectivity index (χ1) is 6.24. The Morgan fingerprint density at radius 1 is 1.69 bits per heavy atom. The van der Waals surface area contributed by atoms with E-state index in [1.165, 1.54) is 0 Å². The van der Waals surface area contributed by atoms with Crippen LogP contribution in [0.1, 0.15) is 26.7 Å². The van der Waals surface area contributed by atoms with Gasteiger partial charge in [-0.3, -0.25) is 4.99 Å². The van der Waals surface area contributed by atoms with Crippen LogP contribution in [0.15, 0.2) is 16.8 Å². The number of hydrogen-bond donors (Lipinski definition) is 1. The van der Waals surface area contributed by atoms with E-state index in [9.17, 15) is 0 Å². The predicted molar refractivity (Wildman–Crippen MR) is 54.6 cm³/mol. The molecule has 0 aliphatic carbocycles. The highest BCUT2D eigenvalue weighted by Crippen LogP contribution is 2.14. The lowest BCUT2D eigenvalue weighted by Gasteiger charge is -2.17. The van der Waals surface area contributed by atoms with Crippen molar-refractivity contribution in [3.63, 3.8) is 0 Å². The molecule has 1 aliphatic heterocycles. The smallest absolute Gasteiger partial charge is 0.213 e. The summed E-state index contributed by atoms with van der Waals surface area (Å²) >= 11 is 0. The molecule has 0 fully saturated rings. The molecular weight excluding hydrogens is 164 g/mol. The van der Waals surface area contributed by atoms with Gasteiger partial charge in [-0.2, -0.15) is 0 Å². The summed E-state index contributed by atoms with van der Waals surface area (Å²) in [5, 5.41) is 0. The van der Waals surface area contributed by atoms with Crippen molar-refractivity contribution in [3.05, 3.63) is 11.8 Å². The first kappa shape index (κ1) is 10.1. The van der Waals surface area contributed by atoms with E-state index in [0.717, 1.165) is 37.5 Å². The fourth-order valence-corrected chi connectivity index (χ4v) is 1.32. The number of nitrogens with two attached hydrogens (primary N) is 1. The molecule has 3 heteroatoms. The van der Waals surface area contributed by atoms with Gasteiger partial charge in [0.15, 0.2) is 0 Å². The third kappa shape index (κ3) is 3.09. The predicted octanol–water partition coefficient (Wildman–Crippen LogP) is 1.69. The van der Waals surface area contributed by atoms with Gasteiger partial charge < -0.3 is 10.5 Å². The van der Waals surface area contributed by atoms with E-state index in [2.05, 4.69) is 18.8 Å². The first-order valence-electron chi connectivity index (χ1n) is 4.82. The summed E-state index contributed by atoms with van der Waals surface area (Å²) < 4.78 is 5.43. The Morgan fingerprint density at radius 3 is 2.92 bits per heavy atom. The monoisotopic (exact) mass is 182 g/mol. The zero-order chi connectivity index (χ0) is 9.68. The minimum absolute atomic E-state index is 0.586. The van der Waals surface area contributed by atoms with Gasteiger partial charge in [-0.25, -0.2) is 0 Å². The van der Waals surface area contributed by atoms with Gasteiger partial charge in [0, 0.05) is 24.7 Å². The minimum Gasteiger partial charge on any atom is -0.478 e. The van der Waals surface area contributed by atoms with Crippen LogP contribution < -0.4 is 5.73 Å². The molecule has 0 unspecified atom stereocenters. The first-order valence-corrected chi connectivity index (χ1v) is 4.82. The van der Waals surface area contributed by atoms with Gasteiger partial charge in [0.2, 0.25) is 5.90 Å². The highest BCUT2D eigenvalue weighted by Gasteiger charge is 2.12. The molecule has 0 saturated carbocycles. The Morgan fingerprint density at radius 2 is 2.46 bits per heavy atom. The van der Waals surface area contributed by atoms with Crippen LogP contribution >= 0.6 is 0 Å². The zero-order valence-electron chi connectivity index (χ0n) is 8.42. The molecule has 0 saturated heterocycles. The second-order valence-electron chi connectivity index (χ2n) is 3.68. The lowest BCUT2D eigenvalue weighted by Crippen LogP contribution is -2.17. The molecule has 0 radical (unpaired) electrons. The molecule has 2 N–H and O–H groups in total. The average Bonchev–Trinajstić information content (AvgIpc) is 2.15. The molecule has 1 rings (SSSR count). The molecule has 0 aromatic carbocycles. The van der Waals surface area contributed by atoms with Crippen molar-refractivity contribution in [1.82, 2.24) is 0 Å². The SMILES string of the molecule is CC(C)C/C(=C/N)C1=NCCCO1. The maximum absolute atomic E-state index is 5.53. The third-order valence-electron chi connectivity index (χ3n) is 1.90. The molecule has 1 aliphatic rings. The summed E-state index contributed by atoms with van der Waals surface area (Å²) in [7, 11) is 0. The van der Waals surface area contributed by atoms with Crippen LogP contribution in [0.3, 0.4) is 0 Å². The lowest BCUT2D eigenvalue weighted by atomic mass is 10.0. The molecule has 0 aromatic rings. The fraction of sp³-hybridized carbons (Fsp3) is 0.700. The van der Waals surface area contributed by atoms with E-state index in [0.29, 0.717) is 5.92 Å². The van der Waals surface area contributed by atoms with Crippen molar-refractivity contribution < 1.29 is 4.74 Å². The van der Waals surface area contributed by atoms with Crippen LogP contribution in [0.2, 0.25) is 0 Å². The highest BCUT2D eigenvalue weighted by atomic mass is 16.5. The van der Waals surface area contributed by atoms with Gasteiger partial charge in [-0.1, -0.05) is 13.8 Å². The summed E-state index contributed by atoms with van der Waals surface area (Å²) in [6, 6.07) is 0. The van der Waals surface area contributed by atoms with Crippen LogP contribution in [0, 0.1) is 5.92 Å². The average molecular weight is 182 g/mol. The number of nitrogens with zero attached hydrogens (tertiary/aromatic N) is 1. The Labute approximate surface area is 79.7 Å². The van der Waals surface area contributed by atoms with Crippen molar-refractivity contribution in [3.8, 4) is 0 Å². The second-order valence-corrected chi connectivity index (χ2v) is 3.68. The van der Waals surface area contributed by atoms with Crippen molar-refractivity contribution in [2.24, 2.45) is 16.6 Å². The van der Waals surface area contributed by atoms with E-state index in [-0.39, 0.29) is 0 Å². The Balaban J connectivity index is 2.60. The molecule has 0 bridgehead atoms. The lowest BCUT2D eigenvalue weighted by molar-refractivity contribution is 0.281. The van der Waals surface area contributed by atoms with Crippen molar-refractivity contribution in [2.75, 3.05) is 13.2 Å². The standard InChI is InChI=1S/C10H18N2O/c1-8(2)6-9(7-11)10-12-4-3-5-13-10/h7-8H,3-6,11H2,1-2H3/b9-7-. The van der Waals surface area contributed by atoms with Gasteiger partial charge in [-0.15, -0.1) is 0 Å². The summed E-state index contributed by atoms with van der Waals surface area (Å²) in [6.45, 7) is 5.96. The topological polar surface area (TPSA) is 47.6 Å². The van der Waals surface area contributed by atoms with Crippen LogP contribution in [0.25, 0.3) is 0 Å². The quantitative estimate of drug-likeness (QED) is 0.722. The third-order valence-corrected chi connectivity index (χ3v) is 1.90. The number of hydrogen-bond acceptors (Lipinski definition) is 3. The van der Waals surface area contributed by atoms with E-state index >= 15 is 0 Å². The molecule has 1 heterocycles. The van der Waals surface area contributed by atoms with Gasteiger partial charge in [0.1, 0.15) is 0 Å². The molecule has 0 spiro atoms. The van der Waals surface area contributed by atoms with E-state index < -0.39 is 0 Å². The largest absolute Gasteiger partial charge is 0.478 e. The molecule has 13 heavy (non-hydrogen) atoms. The minimum atomic E-state index is 0.586. The van der Waals surface area contributed by atoms with Crippen molar-refractivity contribution in [1.29, 1.82) is 0 Å². The Kier molecular flexibility index (Phi) is 3.80. The van der Waals surface area contributed by atoms with Crippen LogP contribution in [0.4, 0.5) is 0 Å². The van der Waals surface area contributed by atoms with Crippen LogP contribution in [0.5, 0.6) is 0 Å². The number of aliphatic imine (C=N–C) groups is 1. The van der Waals surface area contributed by atoms with Crippen LogP contribution in [-0.2, 0) is 4.74 Å². The number of rotatable bonds is 3. The van der Waals surface area contributed by atoms with E-state index in [1.54, 1.807) is 6.20 Å². The zero-order valence-corrected chi connectivity index (χ0v) is 8.42. The Hall–Kier alpha value is -0.990. The summed E-state index contributed by atoms with van der Waals surface area (Å²) in [5.41, 5.74) is 6.57. The maximum Gasteiger partial charge on any atom is 0.213 e. The second kappa shape index (κ2) is 4.90. The highest BCUT2D eigenvalue weighted by molar-refractivity contribution is 5.93. The van der Waals surface area contributed by atoms with E-state index in [4.69, 9.17) is 10.5 Å². The van der Waals surface area contributed by atoms with Crippen molar-refractivity contribution in [2.45, 2.75) is 26.7 Å². The fourth-order valence-electron chi connectivity index (χ4n) is 1.32. The molecule has 0 atom stereocenters. The van der Waals surface area contributed by atoms with Gasteiger partial charge in [0.05, 0.1) is 6.61 Å². The maximum atomic E-state index is 5.53. The summed E-state index contributed by atoms with van der Waals surface area (Å²) in [5.74, 6) is 1.34. The molecule has 74 valence electrons. The molecule has 3 nitrogen and oxygen atoms in total.